The molecule has 1 heterocycles. The third-order valence-corrected chi connectivity index (χ3v) is 5.47. The van der Waals surface area contributed by atoms with Crippen molar-refractivity contribution < 1.29 is 9.53 Å². The number of nitrogens with zero attached hydrogens (tertiary/aromatic N) is 2. The van der Waals surface area contributed by atoms with E-state index in [4.69, 9.17) is 10.00 Å². The van der Waals surface area contributed by atoms with Gasteiger partial charge in [-0.15, -0.1) is 0 Å². The Kier molecular flexibility index (Phi) is 5.95. The lowest BCUT2D eigenvalue weighted by Gasteiger charge is -2.50. The molecular formula is C21H29N3O2. The summed E-state index contributed by atoms with van der Waals surface area (Å²) in [6, 6.07) is 8.93. The van der Waals surface area contributed by atoms with Gasteiger partial charge < -0.3 is 10.1 Å². The summed E-state index contributed by atoms with van der Waals surface area (Å²) in [6.45, 7) is 8.15. The summed E-state index contributed by atoms with van der Waals surface area (Å²) in [4.78, 5) is 15.2. The second-order valence-electron chi connectivity index (χ2n) is 8.00. The second kappa shape index (κ2) is 8.20. The average molecular weight is 355 g/mol. The molecule has 2 atom stereocenters. The van der Waals surface area contributed by atoms with Crippen LogP contribution < -0.4 is 5.32 Å². The molecule has 1 N–H and O–H groups in total. The number of nitriles is 1. The molecule has 1 aromatic carbocycles. The lowest BCUT2D eigenvalue weighted by molar-refractivity contribution is -0.142. The highest BCUT2D eigenvalue weighted by Gasteiger charge is 2.45. The lowest BCUT2D eigenvalue weighted by Crippen LogP contribution is -2.64. The quantitative estimate of drug-likeness (QED) is 0.902. The van der Waals surface area contributed by atoms with Crippen LogP contribution in [0.5, 0.6) is 0 Å². The van der Waals surface area contributed by atoms with Crippen LogP contribution >= 0.6 is 0 Å². The SMILES string of the molecule is CC(C)CN1CCO[C@]2(CCCC[C@H]2NC(=O)c2ccc(C#N)cc2)C1. The fraction of sp³-hybridized carbons (Fsp3) is 0.619. The second-order valence-corrected chi connectivity index (χ2v) is 8.00. The summed E-state index contributed by atoms with van der Waals surface area (Å²) in [5, 5.41) is 12.1. The Bertz CT molecular complexity index is 661. The topological polar surface area (TPSA) is 65.4 Å². The summed E-state index contributed by atoms with van der Waals surface area (Å²) in [7, 11) is 0. The number of ether oxygens (including phenoxy) is 1. The highest BCUT2D eigenvalue weighted by molar-refractivity contribution is 5.94. The van der Waals surface area contributed by atoms with Crippen LogP contribution in [-0.4, -0.2) is 48.7 Å². The molecule has 1 aromatic rings. The van der Waals surface area contributed by atoms with Crippen molar-refractivity contribution in [2.24, 2.45) is 5.92 Å². The van der Waals surface area contributed by atoms with Crippen molar-refractivity contribution in [1.82, 2.24) is 10.2 Å². The summed E-state index contributed by atoms with van der Waals surface area (Å²) in [6.07, 6.45) is 4.23. The zero-order valence-corrected chi connectivity index (χ0v) is 15.8. The van der Waals surface area contributed by atoms with Gasteiger partial charge in [-0.2, -0.15) is 5.26 Å². The number of carbonyl (C=O) groups is 1. The Labute approximate surface area is 156 Å². The largest absolute Gasteiger partial charge is 0.370 e. The fourth-order valence-electron chi connectivity index (χ4n) is 4.27. The van der Waals surface area contributed by atoms with E-state index in [-0.39, 0.29) is 17.6 Å². The Morgan fingerprint density at radius 1 is 1.38 bits per heavy atom. The highest BCUT2D eigenvalue weighted by Crippen LogP contribution is 2.35. The average Bonchev–Trinajstić information content (AvgIpc) is 2.63. The first kappa shape index (κ1) is 18.9. The van der Waals surface area contributed by atoms with E-state index in [1.54, 1.807) is 24.3 Å². The van der Waals surface area contributed by atoms with Gasteiger partial charge in [0.25, 0.3) is 5.91 Å². The molecule has 2 aliphatic rings. The fourth-order valence-corrected chi connectivity index (χ4v) is 4.27. The van der Waals surface area contributed by atoms with E-state index in [9.17, 15) is 4.79 Å². The first-order valence-electron chi connectivity index (χ1n) is 9.70. The molecule has 3 rings (SSSR count). The summed E-state index contributed by atoms with van der Waals surface area (Å²) >= 11 is 0. The standard InChI is InChI=1S/C21H29N3O2/c1-16(2)14-24-11-12-26-21(15-24)10-4-3-5-19(21)23-20(25)18-8-6-17(13-22)7-9-18/h6-9,16,19H,3-5,10-12,14-15H2,1-2H3,(H,23,25)/t19-,21-/m1/s1. The van der Waals surface area contributed by atoms with Crippen molar-refractivity contribution in [3.8, 4) is 6.07 Å². The molecule has 0 radical (unpaired) electrons. The third kappa shape index (κ3) is 4.25. The highest BCUT2D eigenvalue weighted by atomic mass is 16.5. The van der Waals surface area contributed by atoms with Gasteiger partial charge in [0, 0.05) is 25.2 Å². The van der Waals surface area contributed by atoms with Crippen LogP contribution in [0.25, 0.3) is 0 Å². The van der Waals surface area contributed by atoms with Crippen molar-refractivity contribution in [3.63, 3.8) is 0 Å². The van der Waals surface area contributed by atoms with E-state index in [2.05, 4.69) is 30.1 Å². The minimum absolute atomic E-state index is 0.0364. The first-order valence-corrected chi connectivity index (χ1v) is 9.70. The number of hydrogen-bond acceptors (Lipinski definition) is 4. The number of hydrogen-bond donors (Lipinski definition) is 1. The van der Waals surface area contributed by atoms with Crippen molar-refractivity contribution in [3.05, 3.63) is 35.4 Å². The van der Waals surface area contributed by atoms with Crippen LogP contribution in [0.1, 0.15) is 55.5 Å². The van der Waals surface area contributed by atoms with Crippen LogP contribution in [0.15, 0.2) is 24.3 Å². The van der Waals surface area contributed by atoms with E-state index in [1.165, 1.54) is 0 Å². The molecule has 1 aliphatic carbocycles. The van der Waals surface area contributed by atoms with Crippen molar-refractivity contribution >= 4 is 5.91 Å². The number of morpholine rings is 1. The number of carbonyl (C=O) groups excluding carboxylic acids is 1. The van der Waals surface area contributed by atoms with Crippen LogP contribution in [0.2, 0.25) is 0 Å². The smallest absolute Gasteiger partial charge is 0.251 e. The van der Waals surface area contributed by atoms with Gasteiger partial charge in [-0.05, 0) is 43.0 Å². The van der Waals surface area contributed by atoms with Crippen molar-refractivity contribution in [1.29, 1.82) is 5.26 Å². The van der Waals surface area contributed by atoms with E-state index in [0.717, 1.165) is 51.9 Å². The molecular weight excluding hydrogens is 326 g/mol. The lowest BCUT2D eigenvalue weighted by atomic mass is 9.78. The molecule has 1 aliphatic heterocycles. The van der Waals surface area contributed by atoms with E-state index in [1.807, 2.05) is 0 Å². The molecule has 1 amide bonds. The Morgan fingerprint density at radius 3 is 2.85 bits per heavy atom. The number of benzene rings is 1. The summed E-state index contributed by atoms with van der Waals surface area (Å²) in [5.41, 5.74) is 0.892. The van der Waals surface area contributed by atoms with Crippen LogP contribution in [0, 0.1) is 17.2 Å². The zero-order valence-electron chi connectivity index (χ0n) is 15.8. The summed E-state index contributed by atoms with van der Waals surface area (Å²) in [5.74, 6) is 0.547. The van der Waals surface area contributed by atoms with Gasteiger partial charge in [-0.1, -0.05) is 26.7 Å². The van der Waals surface area contributed by atoms with Gasteiger partial charge in [0.15, 0.2) is 0 Å². The van der Waals surface area contributed by atoms with Gasteiger partial charge in [0.05, 0.1) is 24.3 Å². The Balaban J connectivity index is 1.71. The number of nitrogens with one attached hydrogen (secondary N) is 1. The molecule has 1 saturated carbocycles. The number of rotatable bonds is 4. The third-order valence-electron chi connectivity index (χ3n) is 5.47. The molecule has 5 nitrogen and oxygen atoms in total. The maximum absolute atomic E-state index is 12.7. The van der Waals surface area contributed by atoms with Gasteiger partial charge in [-0.3, -0.25) is 9.69 Å². The maximum atomic E-state index is 12.7. The minimum atomic E-state index is -0.270. The molecule has 140 valence electrons. The van der Waals surface area contributed by atoms with E-state index >= 15 is 0 Å². The zero-order chi connectivity index (χ0) is 18.6. The Morgan fingerprint density at radius 2 is 2.15 bits per heavy atom. The van der Waals surface area contributed by atoms with Gasteiger partial charge in [0.2, 0.25) is 0 Å². The van der Waals surface area contributed by atoms with Crippen LogP contribution in [0.3, 0.4) is 0 Å². The van der Waals surface area contributed by atoms with Gasteiger partial charge in [0.1, 0.15) is 5.60 Å². The van der Waals surface area contributed by atoms with E-state index < -0.39 is 0 Å². The number of amides is 1. The van der Waals surface area contributed by atoms with Gasteiger partial charge >= 0.3 is 0 Å². The molecule has 0 aromatic heterocycles. The minimum Gasteiger partial charge on any atom is -0.370 e. The molecule has 1 saturated heterocycles. The normalized spacial score (nSPS) is 26.6. The molecule has 0 bridgehead atoms. The monoisotopic (exact) mass is 355 g/mol. The van der Waals surface area contributed by atoms with Crippen molar-refractivity contribution in [2.75, 3.05) is 26.2 Å². The van der Waals surface area contributed by atoms with Crippen LogP contribution in [-0.2, 0) is 4.74 Å². The molecule has 5 heteroatoms. The Hall–Kier alpha value is -1.90. The molecule has 26 heavy (non-hydrogen) atoms. The molecule has 1 spiro atoms. The molecule has 2 fully saturated rings. The van der Waals surface area contributed by atoms with E-state index in [0.29, 0.717) is 17.0 Å². The predicted octanol–water partition coefficient (Wildman–Crippen LogP) is 2.96. The summed E-state index contributed by atoms with van der Waals surface area (Å²) < 4.78 is 6.30. The van der Waals surface area contributed by atoms with Crippen molar-refractivity contribution in [2.45, 2.75) is 51.2 Å². The first-order chi connectivity index (χ1) is 12.5. The van der Waals surface area contributed by atoms with Gasteiger partial charge in [-0.25, -0.2) is 0 Å². The predicted molar refractivity (Wildman–Crippen MR) is 101 cm³/mol. The molecule has 0 unspecified atom stereocenters. The van der Waals surface area contributed by atoms with Crippen LogP contribution in [0.4, 0.5) is 0 Å². The maximum Gasteiger partial charge on any atom is 0.251 e.